The molecule has 1 saturated heterocycles. The number of rotatable bonds is 6. The van der Waals surface area contributed by atoms with Gasteiger partial charge in [-0.05, 0) is 44.4 Å². The fourth-order valence-electron chi connectivity index (χ4n) is 2.68. The zero-order valence-corrected chi connectivity index (χ0v) is 11.6. The van der Waals surface area contributed by atoms with E-state index in [1.54, 1.807) is 6.07 Å². The Bertz CT molecular complexity index is 405. The van der Waals surface area contributed by atoms with Crippen molar-refractivity contribution in [2.45, 2.75) is 32.3 Å². The van der Waals surface area contributed by atoms with Crippen LogP contribution in [0.15, 0.2) is 18.2 Å². The van der Waals surface area contributed by atoms with Crippen LogP contribution in [0.1, 0.15) is 25.3 Å². The van der Waals surface area contributed by atoms with E-state index in [2.05, 4.69) is 4.90 Å². The molecule has 0 aliphatic carbocycles. The van der Waals surface area contributed by atoms with E-state index in [4.69, 9.17) is 10.5 Å². The zero-order chi connectivity index (χ0) is 13.7. The summed E-state index contributed by atoms with van der Waals surface area (Å²) in [6.45, 7) is 4.95. The van der Waals surface area contributed by atoms with Gasteiger partial charge >= 0.3 is 0 Å². The maximum Gasteiger partial charge on any atom is 0.146 e. The summed E-state index contributed by atoms with van der Waals surface area (Å²) in [5.41, 5.74) is 7.31. The molecular formula is C15H23FN2O. The minimum Gasteiger partial charge on any atom is -0.376 e. The number of benzene rings is 1. The van der Waals surface area contributed by atoms with Gasteiger partial charge in [0.2, 0.25) is 0 Å². The van der Waals surface area contributed by atoms with Crippen molar-refractivity contribution in [3.05, 3.63) is 29.6 Å². The number of anilines is 1. The van der Waals surface area contributed by atoms with Gasteiger partial charge in [-0.25, -0.2) is 4.39 Å². The first-order valence-electron chi connectivity index (χ1n) is 7.10. The molecule has 0 saturated carbocycles. The summed E-state index contributed by atoms with van der Waals surface area (Å²) < 4.78 is 19.8. The number of nitrogens with zero attached hydrogens (tertiary/aromatic N) is 1. The second-order valence-electron chi connectivity index (χ2n) is 4.96. The third-order valence-electron chi connectivity index (χ3n) is 3.63. The first-order chi connectivity index (χ1) is 9.26. The molecule has 0 bridgehead atoms. The largest absolute Gasteiger partial charge is 0.376 e. The molecule has 0 amide bonds. The summed E-state index contributed by atoms with van der Waals surface area (Å²) in [5, 5.41) is 0. The van der Waals surface area contributed by atoms with Gasteiger partial charge in [-0.1, -0.05) is 12.1 Å². The Labute approximate surface area is 114 Å². The maximum absolute atomic E-state index is 14.2. The van der Waals surface area contributed by atoms with Crippen LogP contribution in [0.3, 0.4) is 0 Å². The molecule has 1 fully saturated rings. The molecular weight excluding hydrogens is 243 g/mol. The van der Waals surface area contributed by atoms with Gasteiger partial charge in [0.15, 0.2) is 0 Å². The highest BCUT2D eigenvalue weighted by atomic mass is 19.1. The van der Waals surface area contributed by atoms with Crippen molar-refractivity contribution in [3.8, 4) is 0 Å². The monoisotopic (exact) mass is 266 g/mol. The van der Waals surface area contributed by atoms with E-state index in [1.807, 2.05) is 13.0 Å². The summed E-state index contributed by atoms with van der Waals surface area (Å²) in [6.07, 6.45) is 3.10. The van der Waals surface area contributed by atoms with E-state index >= 15 is 0 Å². The van der Waals surface area contributed by atoms with Crippen LogP contribution in [0.25, 0.3) is 0 Å². The number of ether oxygens (including phenoxy) is 1. The minimum atomic E-state index is -0.161. The molecule has 1 atom stereocenters. The van der Waals surface area contributed by atoms with Crippen LogP contribution in [0.4, 0.5) is 10.1 Å². The van der Waals surface area contributed by atoms with Crippen molar-refractivity contribution in [1.82, 2.24) is 0 Å². The minimum absolute atomic E-state index is 0.161. The molecule has 3 nitrogen and oxygen atoms in total. The van der Waals surface area contributed by atoms with E-state index in [9.17, 15) is 4.39 Å². The normalized spacial score (nSPS) is 18.8. The summed E-state index contributed by atoms with van der Waals surface area (Å²) in [7, 11) is 0. The van der Waals surface area contributed by atoms with Gasteiger partial charge in [-0.15, -0.1) is 0 Å². The van der Waals surface area contributed by atoms with Crippen molar-refractivity contribution in [2.75, 3.05) is 31.1 Å². The van der Waals surface area contributed by atoms with Crippen LogP contribution in [0.2, 0.25) is 0 Å². The number of halogens is 1. The second-order valence-corrected chi connectivity index (χ2v) is 4.96. The Hall–Kier alpha value is -1.13. The van der Waals surface area contributed by atoms with Crippen molar-refractivity contribution < 1.29 is 9.13 Å². The predicted molar refractivity (Wildman–Crippen MR) is 76.0 cm³/mol. The van der Waals surface area contributed by atoms with Crippen LogP contribution >= 0.6 is 0 Å². The van der Waals surface area contributed by atoms with Gasteiger partial charge in [0.25, 0.3) is 0 Å². The Morgan fingerprint density at radius 3 is 2.95 bits per heavy atom. The molecule has 2 rings (SSSR count). The molecule has 1 aromatic rings. The molecule has 4 heteroatoms. The first kappa shape index (κ1) is 14.3. The molecule has 19 heavy (non-hydrogen) atoms. The van der Waals surface area contributed by atoms with Gasteiger partial charge in [-0.3, -0.25) is 0 Å². The molecule has 0 radical (unpaired) electrons. The van der Waals surface area contributed by atoms with Gasteiger partial charge in [0, 0.05) is 19.7 Å². The number of hydrogen-bond donors (Lipinski definition) is 1. The lowest BCUT2D eigenvalue weighted by atomic mass is 10.1. The standard InChI is InChI=1S/C15H23FN2O/c1-2-18(11-13-6-4-10-19-13)15-12(8-9-17)5-3-7-14(15)16/h3,5,7,13H,2,4,6,8-11,17H2,1H3. The molecule has 1 heterocycles. The quantitative estimate of drug-likeness (QED) is 0.859. The Morgan fingerprint density at radius 2 is 2.32 bits per heavy atom. The second kappa shape index (κ2) is 6.87. The highest BCUT2D eigenvalue weighted by Gasteiger charge is 2.21. The van der Waals surface area contributed by atoms with Crippen LogP contribution in [0, 0.1) is 5.82 Å². The lowest BCUT2D eigenvalue weighted by molar-refractivity contribution is 0.115. The summed E-state index contributed by atoms with van der Waals surface area (Å²) in [4.78, 5) is 2.08. The number of para-hydroxylation sites is 1. The number of nitrogens with two attached hydrogens (primary N) is 1. The Kier molecular flexibility index (Phi) is 5.16. The van der Waals surface area contributed by atoms with E-state index in [0.717, 1.165) is 38.1 Å². The number of hydrogen-bond acceptors (Lipinski definition) is 3. The lowest BCUT2D eigenvalue weighted by Gasteiger charge is -2.28. The third kappa shape index (κ3) is 3.45. The van der Waals surface area contributed by atoms with Crippen LogP contribution in [0.5, 0.6) is 0 Å². The number of likely N-dealkylation sites (N-methyl/N-ethyl adjacent to an activating group) is 1. The van der Waals surface area contributed by atoms with Crippen LogP contribution in [-0.2, 0) is 11.2 Å². The maximum atomic E-state index is 14.2. The van der Waals surface area contributed by atoms with Crippen molar-refractivity contribution >= 4 is 5.69 Å². The molecule has 0 spiro atoms. The summed E-state index contributed by atoms with van der Waals surface area (Å²) >= 11 is 0. The average molecular weight is 266 g/mol. The fourth-order valence-corrected chi connectivity index (χ4v) is 2.68. The van der Waals surface area contributed by atoms with Gasteiger partial charge in [-0.2, -0.15) is 0 Å². The van der Waals surface area contributed by atoms with Gasteiger partial charge < -0.3 is 15.4 Å². The molecule has 1 unspecified atom stereocenters. The average Bonchev–Trinajstić information content (AvgIpc) is 2.90. The first-order valence-corrected chi connectivity index (χ1v) is 7.10. The van der Waals surface area contributed by atoms with E-state index < -0.39 is 0 Å². The SMILES string of the molecule is CCN(CC1CCCO1)c1c(F)cccc1CCN. The van der Waals surface area contributed by atoms with E-state index in [-0.39, 0.29) is 11.9 Å². The van der Waals surface area contributed by atoms with E-state index in [0.29, 0.717) is 18.7 Å². The van der Waals surface area contributed by atoms with Gasteiger partial charge in [0.05, 0.1) is 11.8 Å². The van der Waals surface area contributed by atoms with E-state index in [1.165, 1.54) is 6.07 Å². The topological polar surface area (TPSA) is 38.5 Å². The fraction of sp³-hybridized carbons (Fsp3) is 0.600. The van der Waals surface area contributed by atoms with Crippen molar-refractivity contribution in [1.29, 1.82) is 0 Å². The van der Waals surface area contributed by atoms with Crippen molar-refractivity contribution in [3.63, 3.8) is 0 Å². The lowest BCUT2D eigenvalue weighted by Crippen LogP contribution is -2.33. The molecule has 0 aromatic heterocycles. The Balaban J connectivity index is 2.20. The molecule has 1 aliphatic rings. The highest BCUT2D eigenvalue weighted by Crippen LogP contribution is 2.26. The molecule has 2 N–H and O–H groups in total. The summed E-state index contributed by atoms with van der Waals surface area (Å²) in [6, 6.07) is 5.24. The van der Waals surface area contributed by atoms with Gasteiger partial charge in [0.1, 0.15) is 5.82 Å². The molecule has 106 valence electrons. The highest BCUT2D eigenvalue weighted by molar-refractivity contribution is 5.55. The Morgan fingerprint density at radius 1 is 1.47 bits per heavy atom. The zero-order valence-electron chi connectivity index (χ0n) is 11.6. The smallest absolute Gasteiger partial charge is 0.146 e. The third-order valence-corrected chi connectivity index (χ3v) is 3.63. The summed E-state index contributed by atoms with van der Waals surface area (Å²) in [5.74, 6) is -0.161. The van der Waals surface area contributed by atoms with Crippen LogP contribution in [-0.4, -0.2) is 32.3 Å². The molecule has 1 aromatic carbocycles. The predicted octanol–water partition coefficient (Wildman–Crippen LogP) is 2.33. The van der Waals surface area contributed by atoms with Crippen molar-refractivity contribution in [2.24, 2.45) is 5.73 Å². The van der Waals surface area contributed by atoms with Crippen LogP contribution < -0.4 is 10.6 Å². The molecule has 1 aliphatic heterocycles.